The maximum atomic E-state index is 13.3. The molecule has 39 heavy (non-hydrogen) atoms. The smallest absolute Gasteiger partial charge is 0.393 e. The van der Waals surface area contributed by atoms with Gasteiger partial charge < -0.3 is 10.4 Å². The van der Waals surface area contributed by atoms with Gasteiger partial charge in [-0.15, -0.1) is 11.3 Å². The summed E-state index contributed by atoms with van der Waals surface area (Å²) in [5.74, 6) is -0.985. The quantitative estimate of drug-likeness (QED) is 0.303. The van der Waals surface area contributed by atoms with Crippen LogP contribution in [0.2, 0.25) is 4.34 Å². The van der Waals surface area contributed by atoms with E-state index in [0.717, 1.165) is 29.5 Å². The van der Waals surface area contributed by atoms with Crippen LogP contribution in [0.15, 0.2) is 52.6 Å². The average molecular weight is 625 g/mol. The second kappa shape index (κ2) is 11.6. The topological polar surface area (TPSA) is 162 Å². The summed E-state index contributed by atoms with van der Waals surface area (Å²) < 4.78 is 79.0. The van der Waals surface area contributed by atoms with E-state index in [1.165, 1.54) is 24.7 Å². The number of carbonyl (C=O) groups is 1. The molecule has 1 aliphatic rings. The molecule has 0 bridgehead atoms. The van der Waals surface area contributed by atoms with Crippen LogP contribution in [-0.4, -0.2) is 52.2 Å². The molecule has 0 saturated heterocycles. The van der Waals surface area contributed by atoms with Crippen LogP contribution < -0.4 is 10.5 Å². The van der Waals surface area contributed by atoms with Crippen LogP contribution in [0.25, 0.3) is 0 Å². The number of ketones is 1. The highest BCUT2D eigenvalue weighted by atomic mass is 35.5. The van der Waals surface area contributed by atoms with Crippen LogP contribution in [0.5, 0.6) is 0 Å². The van der Waals surface area contributed by atoms with Crippen LogP contribution >= 0.6 is 22.9 Å². The molecule has 4 rings (SSSR count). The van der Waals surface area contributed by atoms with Crippen molar-refractivity contribution >= 4 is 55.6 Å². The molecule has 1 unspecified atom stereocenters. The Hall–Kier alpha value is -2.47. The predicted octanol–water partition coefficient (Wildman–Crippen LogP) is 3.38. The summed E-state index contributed by atoms with van der Waals surface area (Å²) in [6, 6.07) is 4.87. The summed E-state index contributed by atoms with van der Waals surface area (Å²) in [6.45, 7) is -0.312. The zero-order valence-corrected chi connectivity index (χ0v) is 22.8. The lowest BCUT2D eigenvalue weighted by molar-refractivity contribution is -0.137. The highest BCUT2D eigenvalue weighted by Crippen LogP contribution is 2.37. The summed E-state index contributed by atoms with van der Waals surface area (Å²) in [5, 5.41) is 18.2. The number of benzene rings is 1. The van der Waals surface area contributed by atoms with Crippen molar-refractivity contribution in [1.82, 2.24) is 9.97 Å². The van der Waals surface area contributed by atoms with E-state index in [1.807, 2.05) is 0 Å². The molecule has 0 spiro atoms. The van der Waals surface area contributed by atoms with Crippen molar-refractivity contribution < 1.29 is 39.9 Å². The number of carbonyl (C=O) groups excluding carboxylic acids is 1. The minimum Gasteiger partial charge on any atom is -0.393 e. The predicted molar refractivity (Wildman–Crippen MR) is 136 cm³/mol. The van der Waals surface area contributed by atoms with Gasteiger partial charge in [-0.05, 0) is 37.1 Å². The number of alkyl halides is 3. The van der Waals surface area contributed by atoms with Gasteiger partial charge in [0.25, 0.3) is 0 Å². The monoisotopic (exact) mass is 624 g/mol. The molecule has 2 aromatic heterocycles. The van der Waals surface area contributed by atoms with Gasteiger partial charge in [0.2, 0.25) is 5.78 Å². The number of aromatic nitrogens is 2. The summed E-state index contributed by atoms with van der Waals surface area (Å²) in [6.07, 6.45) is -2.57. The molecule has 3 aromatic rings. The van der Waals surface area contributed by atoms with Gasteiger partial charge in [-0.3, -0.25) is 8.98 Å². The highest BCUT2D eigenvalue weighted by Gasteiger charge is 2.35. The SMILES string of the molecule is NS(=O)(=O)OC[C@H]1C[C@@H](Nc2ncncc2C(=O)c2cc(S(=O)c3cccc(C(F)(F)F)c3)c(Cl)s2)C[C@@H]1O. The Kier molecular flexibility index (Phi) is 8.75. The number of hydrogen-bond acceptors (Lipinski definition) is 10. The molecule has 0 amide bonds. The fourth-order valence-electron chi connectivity index (χ4n) is 4.02. The third kappa shape index (κ3) is 7.19. The Balaban J connectivity index is 1.53. The number of nitrogens with one attached hydrogen (secondary N) is 1. The molecule has 0 aliphatic heterocycles. The van der Waals surface area contributed by atoms with Gasteiger partial charge in [0.05, 0.1) is 44.4 Å². The van der Waals surface area contributed by atoms with Crippen molar-refractivity contribution in [2.45, 2.75) is 41.0 Å². The van der Waals surface area contributed by atoms with Gasteiger partial charge in [-0.1, -0.05) is 17.7 Å². The van der Waals surface area contributed by atoms with E-state index in [9.17, 15) is 35.7 Å². The Bertz CT molecular complexity index is 1520. The molecule has 4 atom stereocenters. The van der Waals surface area contributed by atoms with Crippen molar-refractivity contribution in [3.05, 3.63) is 63.2 Å². The van der Waals surface area contributed by atoms with Gasteiger partial charge in [0.15, 0.2) is 0 Å². The summed E-state index contributed by atoms with van der Waals surface area (Å²) in [7, 11) is -6.27. The molecule has 1 aliphatic carbocycles. The summed E-state index contributed by atoms with van der Waals surface area (Å²) in [5.41, 5.74) is -0.936. The van der Waals surface area contributed by atoms with Crippen molar-refractivity contribution in [3.8, 4) is 0 Å². The first-order valence-electron chi connectivity index (χ1n) is 11.1. The highest BCUT2D eigenvalue weighted by molar-refractivity contribution is 7.85. The van der Waals surface area contributed by atoms with Crippen molar-refractivity contribution in [3.63, 3.8) is 0 Å². The lowest BCUT2D eigenvalue weighted by Gasteiger charge is -2.15. The van der Waals surface area contributed by atoms with E-state index in [0.29, 0.717) is 6.42 Å². The van der Waals surface area contributed by atoms with Gasteiger partial charge in [-0.25, -0.2) is 19.3 Å². The van der Waals surface area contributed by atoms with Crippen LogP contribution in [-0.2, 0) is 31.5 Å². The molecule has 17 heteroatoms. The third-order valence-electron chi connectivity index (χ3n) is 5.86. The molecule has 1 aromatic carbocycles. The normalized spacial score (nSPS) is 20.6. The average Bonchev–Trinajstić information content (AvgIpc) is 3.43. The minimum atomic E-state index is -4.62. The lowest BCUT2D eigenvalue weighted by Crippen LogP contribution is -2.24. The van der Waals surface area contributed by atoms with Gasteiger partial charge in [-0.2, -0.15) is 21.6 Å². The Morgan fingerprint density at radius 1 is 1.31 bits per heavy atom. The largest absolute Gasteiger partial charge is 0.416 e. The van der Waals surface area contributed by atoms with E-state index in [2.05, 4.69) is 19.5 Å². The first kappa shape index (κ1) is 29.5. The van der Waals surface area contributed by atoms with Crippen LogP contribution in [0.3, 0.4) is 0 Å². The van der Waals surface area contributed by atoms with Gasteiger partial charge in [0.1, 0.15) is 16.5 Å². The molecule has 0 radical (unpaired) electrons. The number of aliphatic hydroxyl groups excluding tert-OH is 1. The molecule has 1 fully saturated rings. The molecule has 2 heterocycles. The zero-order chi connectivity index (χ0) is 28.5. The lowest BCUT2D eigenvalue weighted by atomic mass is 10.1. The maximum Gasteiger partial charge on any atom is 0.416 e. The molecule has 10 nitrogen and oxygen atoms in total. The number of rotatable bonds is 9. The summed E-state index contributed by atoms with van der Waals surface area (Å²) in [4.78, 5) is 21.2. The fraction of sp³-hybridized carbons (Fsp3) is 0.318. The van der Waals surface area contributed by atoms with E-state index in [4.69, 9.17) is 16.7 Å². The number of hydrogen-bond donors (Lipinski definition) is 3. The number of nitrogens with zero attached hydrogens (tertiary/aromatic N) is 2. The standard InChI is InChI=1S/C22H20ClF3N4O6S3/c23-20-18(38(33)14-3-1-2-12(5-14)22(24,25)26)7-17(37-20)19(32)15-8-28-10-29-21(15)30-13-4-11(16(31)6-13)9-36-39(27,34)35/h1-3,5,7-8,10-11,13,16,31H,4,6,9H2,(H2,27,34,35)(H,28,29,30)/t11-,13-,16+,38?/m1/s1. The van der Waals surface area contributed by atoms with Crippen molar-refractivity contribution in [2.24, 2.45) is 11.1 Å². The Morgan fingerprint density at radius 2 is 2.05 bits per heavy atom. The number of nitrogens with two attached hydrogens (primary N) is 1. The second-order valence-corrected chi connectivity index (χ2v) is 12.9. The Labute approximate surface area is 232 Å². The second-order valence-electron chi connectivity index (χ2n) is 8.57. The third-order valence-corrected chi connectivity index (χ3v) is 9.32. The van der Waals surface area contributed by atoms with E-state index >= 15 is 0 Å². The van der Waals surface area contributed by atoms with Gasteiger partial charge >= 0.3 is 16.5 Å². The number of anilines is 1. The van der Waals surface area contributed by atoms with Crippen molar-refractivity contribution in [1.29, 1.82) is 0 Å². The molecule has 210 valence electrons. The molecule has 4 N–H and O–H groups in total. The van der Waals surface area contributed by atoms with Crippen LogP contribution in [0, 0.1) is 5.92 Å². The zero-order valence-electron chi connectivity index (χ0n) is 19.6. The van der Waals surface area contributed by atoms with E-state index < -0.39 is 56.7 Å². The maximum absolute atomic E-state index is 13.3. The van der Waals surface area contributed by atoms with Gasteiger partial charge in [0, 0.05) is 23.1 Å². The van der Waals surface area contributed by atoms with Crippen LogP contribution in [0.1, 0.15) is 33.6 Å². The number of aliphatic hydroxyl groups is 1. The number of halogens is 4. The first-order valence-corrected chi connectivity index (χ1v) is 14.9. The van der Waals surface area contributed by atoms with E-state index in [-0.39, 0.29) is 43.4 Å². The van der Waals surface area contributed by atoms with E-state index in [1.54, 1.807) is 0 Å². The minimum absolute atomic E-state index is 0.0210. The first-order chi connectivity index (χ1) is 18.2. The fourth-order valence-corrected chi connectivity index (χ4v) is 7.12. The Morgan fingerprint density at radius 3 is 2.74 bits per heavy atom. The summed E-state index contributed by atoms with van der Waals surface area (Å²) >= 11 is 7.04. The number of thiophene rings is 1. The van der Waals surface area contributed by atoms with Crippen LogP contribution in [0.4, 0.5) is 19.0 Å². The van der Waals surface area contributed by atoms with Crippen molar-refractivity contribution in [2.75, 3.05) is 11.9 Å². The molecule has 1 saturated carbocycles. The molecular formula is C22H20ClF3N4O6S3. The molecular weight excluding hydrogens is 605 g/mol.